The highest BCUT2D eigenvalue weighted by Crippen LogP contribution is 2.29. The molecule has 1 aromatic heterocycles. The lowest BCUT2D eigenvalue weighted by Crippen LogP contribution is -2.26. The van der Waals surface area contributed by atoms with Crippen LogP contribution in [-0.2, 0) is 0 Å². The molecule has 1 unspecified atom stereocenters. The summed E-state index contributed by atoms with van der Waals surface area (Å²) in [5, 5.41) is 14.5. The van der Waals surface area contributed by atoms with Crippen LogP contribution in [0.15, 0.2) is 54.6 Å². The molecule has 3 aromatic rings. The number of fused-ring (bicyclic) bond motifs is 1. The van der Waals surface area contributed by atoms with Crippen molar-refractivity contribution in [3.8, 4) is 0 Å². The molecule has 1 N–H and O–H groups in total. The fourth-order valence-corrected chi connectivity index (χ4v) is 3.45. The maximum absolute atomic E-state index is 12.3. The fourth-order valence-electron chi connectivity index (χ4n) is 2.49. The Kier molecular flexibility index (Phi) is 4.57. The fraction of sp³-hybridized carbons (Fsp3) is 0.167. The Bertz CT molecular complexity index is 890. The summed E-state index contributed by atoms with van der Waals surface area (Å²) in [6, 6.07) is 16.3. The van der Waals surface area contributed by atoms with Gasteiger partial charge in [0.1, 0.15) is 0 Å². The van der Waals surface area contributed by atoms with Crippen LogP contribution in [0.3, 0.4) is 0 Å². The number of nitro benzene ring substituents is 1. The molecule has 122 valence electrons. The number of nitrogens with one attached hydrogen (secondary N) is 1. The average molecular weight is 340 g/mol. The van der Waals surface area contributed by atoms with Crippen molar-refractivity contribution in [1.82, 2.24) is 5.32 Å². The molecule has 1 atom stereocenters. The van der Waals surface area contributed by atoms with Gasteiger partial charge in [0, 0.05) is 28.8 Å². The molecule has 3 rings (SSSR count). The highest BCUT2D eigenvalue weighted by molar-refractivity contribution is 7.20. The van der Waals surface area contributed by atoms with Crippen LogP contribution in [0.4, 0.5) is 5.69 Å². The Morgan fingerprint density at radius 1 is 1.21 bits per heavy atom. The molecule has 0 saturated carbocycles. The number of rotatable bonds is 5. The Morgan fingerprint density at radius 3 is 2.67 bits per heavy atom. The minimum absolute atomic E-state index is 0.0324. The van der Waals surface area contributed by atoms with E-state index in [-0.39, 0.29) is 17.5 Å². The van der Waals surface area contributed by atoms with Gasteiger partial charge in [0.05, 0.1) is 9.80 Å². The summed E-state index contributed by atoms with van der Waals surface area (Å²) in [6.45, 7) is 2.60. The average Bonchev–Trinajstić information content (AvgIpc) is 3.03. The molecule has 5 nitrogen and oxygen atoms in total. The first-order valence-electron chi connectivity index (χ1n) is 7.56. The van der Waals surface area contributed by atoms with Crippen LogP contribution in [-0.4, -0.2) is 17.4 Å². The van der Waals surface area contributed by atoms with Crippen LogP contribution < -0.4 is 5.32 Å². The van der Waals surface area contributed by atoms with Gasteiger partial charge in [0.2, 0.25) is 0 Å². The predicted molar refractivity (Wildman–Crippen MR) is 95.7 cm³/mol. The Morgan fingerprint density at radius 2 is 1.96 bits per heavy atom. The molecule has 0 spiro atoms. The SMILES string of the molecule is CC(CNC(=O)c1cc2cc([N+](=O)[O-])ccc2s1)c1ccccc1. The van der Waals surface area contributed by atoms with Gasteiger partial charge in [-0.2, -0.15) is 0 Å². The van der Waals surface area contributed by atoms with Crippen molar-refractivity contribution in [3.05, 3.63) is 75.2 Å². The van der Waals surface area contributed by atoms with Crippen LogP contribution >= 0.6 is 11.3 Å². The molecule has 0 radical (unpaired) electrons. The van der Waals surface area contributed by atoms with E-state index in [0.29, 0.717) is 11.4 Å². The van der Waals surface area contributed by atoms with Crippen LogP contribution in [0.25, 0.3) is 10.1 Å². The van der Waals surface area contributed by atoms with E-state index < -0.39 is 4.92 Å². The molecular formula is C18H16N2O3S. The third kappa shape index (κ3) is 3.44. The topological polar surface area (TPSA) is 72.2 Å². The summed E-state index contributed by atoms with van der Waals surface area (Å²) in [5.41, 5.74) is 1.20. The third-order valence-corrected chi connectivity index (χ3v) is 4.99. The van der Waals surface area contributed by atoms with E-state index in [2.05, 4.69) is 12.2 Å². The smallest absolute Gasteiger partial charge is 0.270 e. The van der Waals surface area contributed by atoms with Crippen LogP contribution in [0.2, 0.25) is 0 Å². The Labute approximate surface area is 143 Å². The first kappa shape index (κ1) is 16.1. The second-order valence-corrected chi connectivity index (χ2v) is 6.70. The number of amides is 1. The molecule has 0 bridgehead atoms. The number of carbonyl (C=O) groups excluding carboxylic acids is 1. The minimum atomic E-state index is -0.432. The maximum atomic E-state index is 12.3. The van der Waals surface area contributed by atoms with Crippen molar-refractivity contribution >= 4 is 33.0 Å². The molecule has 0 saturated heterocycles. The highest BCUT2D eigenvalue weighted by atomic mass is 32.1. The summed E-state index contributed by atoms with van der Waals surface area (Å²) in [6.07, 6.45) is 0. The van der Waals surface area contributed by atoms with Crippen molar-refractivity contribution < 1.29 is 9.72 Å². The molecule has 2 aromatic carbocycles. The van der Waals surface area contributed by atoms with Gasteiger partial charge in [-0.15, -0.1) is 11.3 Å². The number of non-ortho nitro benzene ring substituents is 1. The number of thiophene rings is 1. The summed E-state index contributed by atoms with van der Waals surface area (Å²) in [7, 11) is 0. The van der Waals surface area contributed by atoms with E-state index in [1.54, 1.807) is 12.1 Å². The van der Waals surface area contributed by atoms with Crippen molar-refractivity contribution in [1.29, 1.82) is 0 Å². The molecule has 0 aliphatic rings. The van der Waals surface area contributed by atoms with Gasteiger partial charge in [-0.1, -0.05) is 37.3 Å². The first-order chi connectivity index (χ1) is 11.5. The van der Waals surface area contributed by atoms with Gasteiger partial charge in [-0.3, -0.25) is 14.9 Å². The summed E-state index contributed by atoms with van der Waals surface area (Å²) < 4.78 is 0.863. The van der Waals surface area contributed by atoms with Crippen LogP contribution in [0.1, 0.15) is 28.1 Å². The lowest BCUT2D eigenvalue weighted by molar-refractivity contribution is -0.384. The van der Waals surface area contributed by atoms with E-state index >= 15 is 0 Å². The lowest BCUT2D eigenvalue weighted by atomic mass is 10.0. The lowest BCUT2D eigenvalue weighted by Gasteiger charge is -2.12. The number of nitrogens with zero attached hydrogens (tertiary/aromatic N) is 1. The standard InChI is InChI=1S/C18H16N2O3S/c1-12(13-5-3-2-4-6-13)11-19-18(21)17-10-14-9-15(20(22)23)7-8-16(14)24-17/h2-10,12H,11H2,1H3,(H,19,21). The van der Waals surface area contributed by atoms with E-state index in [4.69, 9.17) is 0 Å². The monoisotopic (exact) mass is 340 g/mol. The Hall–Kier alpha value is -2.73. The molecule has 0 aliphatic heterocycles. The number of benzene rings is 2. The van der Waals surface area contributed by atoms with Gasteiger partial charge in [0.25, 0.3) is 11.6 Å². The van der Waals surface area contributed by atoms with Crippen molar-refractivity contribution in [2.45, 2.75) is 12.8 Å². The minimum Gasteiger partial charge on any atom is -0.351 e. The van der Waals surface area contributed by atoms with E-state index in [0.717, 1.165) is 10.1 Å². The van der Waals surface area contributed by atoms with Gasteiger partial charge in [0.15, 0.2) is 0 Å². The molecule has 24 heavy (non-hydrogen) atoms. The summed E-state index contributed by atoms with van der Waals surface area (Å²) >= 11 is 1.34. The summed E-state index contributed by atoms with van der Waals surface area (Å²) in [4.78, 5) is 23.3. The zero-order chi connectivity index (χ0) is 17.1. The first-order valence-corrected chi connectivity index (χ1v) is 8.37. The van der Waals surface area contributed by atoms with E-state index in [1.807, 2.05) is 30.3 Å². The molecule has 6 heteroatoms. The molecule has 0 fully saturated rings. The zero-order valence-electron chi connectivity index (χ0n) is 13.1. The highest BCUT2D eigenvalue weighted by Gasteiger charge is 2.14. The third-order valence-electron chi connectivity index (χ3n) is 3.87. The quantitative estimate of drug-likeness (QED) is 0.554. The van der Waals surface area contributed by atoms with Crippen molar-refractivity contribution in [2.75, 3.05) is 6.54 Å². The number of hydrogen-bond donors (Lipinski definition) is 1. The summed E-state index contributed by atoms with van der Waals surface area (Å²) in [5.74, 6) is 0.0623. The number of nitro groups is 1. The second-order valence-electron chi connectivity index (χ2n) is 5.61. The van der Waals surface area contributed by atoms with Crippen molar-refractivity contribution in [2.24, 2.45) is 0 Å². The van der Waals surface area contributed by atoms with E-state index in [1.165, 1.54) is 29.0 Å². The van der Waals surface area contributed by atoms with E-state index in [9.17, 15) is 14.9 Å². The van der Waals surface area contributed by atoms with Crippen LogP contribution in [0.5, 0.6) is 0 Å². The molecule has 1 heterocycles. The number of carbonyl (C=O) groups is 1. The number of hydrogen-bond acceptors (Lipinski definition) is 4. The predicted octanol–water partition coefficient (Wildman–Crippen LogP) is 4.34. The van der Waals surface area contributed by atoms with Gasteiger partial charge in [-0.25, -0.2) is 0 Å². The van der Waals surface area contributed by atoms with Gasteiger partial charge in [-0.05, 0) is 23.6 Å². The Balaban J connectivity index is 1.71. The second kappa shape index (κ2) is 6.80. The molecule has 1 amide bonds. The van der Waals surface area contributed by atoms with Gasteiger partial charge < -0.3 is 5.32 Å². The van der Waals surface area contributed by atoms with Crippen molar-refractivity contribution in [3.63, 3.8) is 0 Å². The molecule has 0 aliphatic carbocycles. The maximum Gasteiger partial charge on any atom is 0.270 e. The molecular weight excluding hydrogens is 324 g/mol. The zero-order valence-corrected chi connectivity index (χ0v) is 13.9. The normalized spacial score (nSPS) is 12.0. The van der Waals surface area contributed by atoms with Gasteiger partial charge >= 0.3 is 0 Å². The largest absolute Gasteiger partial charge is 0.351 e. The van der Waals surface area contributed by atoms with Crippen LogP contribution in [0, 0.1) is 10.1 Å².